The van der Waals surface area contributed by atoms with Crippen LogP contribution in [0.15, 0.2) is 48.5 Å². The molecule has 0 aliphatic carbocycles. The van der Waals surface area contributed by atoms with Gasteiger partial charge in [0.25, 0.3) is 11.1 Å². The maximum absolute atomic E-state index is 13.1. The van der Waals surface area contributed by atoms with Gasteiger partial charge in [-0.25, -0.2) is 9.29 Å². The Morgan fingerprint density at radius 1 is 1.15 bits per heavy atom. The number of benzene rings is 2. The molecule has 0 spiro atoms. The number of imide groups is 1. The molecule has 1 heterocycles. The van der Waals surface area contributed by atoms with Crippen LogP contribution in [0.3, 0.4) is 0 Å². The molecule has 1 atom stereocenters. The Hall–Kier alpha value is -2.87. The van der Waals surface area contributed by atoms with Gasteiger partial charge in [0.05, 0.1) is 12.2 Å². The van der Waals surface area contributed by atoms with Crippen molar-refractivity contribution in [3.8, 4) is 0 Å². The fraction of sp³-hybridized carbons (Fsp3) is 0.167. The lowest BCUT2D eigenvalue weighted by Crippen LogP contribution is -2.45. The lowest BCUT2D eigenvalue weighted by Gasteiger charge is -2.27. The molecule has 1 aliphatic heterocycles. The molecule has 0 aromatic heterocycles. The monoisotopic (exact) mass is 373 g/mol. The Morgan fingerprint density at radius 2 is 1.77 bits per heavy atom. The molecular formula is C18H16FN3O3S. The number of anilines is 2. The van der Waals surface area contributed by atoms with Crippen LogP contribution in [0.1, 0.15) is 5.56 Å². The molecule has 8 heteroatoms. The highest BCUT2D eigenvalue weighted by Crippen LogP contribution is 2.35. The molecule has 2 aromatic rings. The Labute approximate surface area is 153 Å². The summed E-state index contributed by atoms with van der Waals surface area (Å²) >= 11 is 0.792. The highest BCUT2D eigenvalue weighted by Gasteiger charge is 2.44. The van der Waals surface area contributed by atoms with Crippen molar-refractivity contribution in [3.63, 3.8) is 0 Å². The van der Waals surface area contributed by atoms with E-state index < -0.39 is 28.2 Å². The molecular weight excluding hydrogens is 357 g/mol. The van der Waals surface area contributed by atoms with E-state index in [1.54, 1.807) is 12.1 Å². The third-order valence-electron chi connectivity index (χ3n) is 3.89. The van der Waals surface area contributed by atoms with Gasteiger partial charge < -0.3 is 10.6 Å². The standard InChI is InChI=1S/C18H16FN3O3S/c1-11-2-6-13(7-3-11)21(10-15(20)23)17-16(24)22(18(25)26-17)14-8-4-12(19)5-9-14/h2-9,17H,10H2,1H3,(H2,20,23)/t17-/m0/s1. The van der Waals surface area contributed by atoms with Gasteiger partial charge in [0, 0.05) is 5.69 Å². The molecule has 1 aliphatic rings. The SMILES string of the molecule is Cc1ccc(N(CC(N)=O)[C@H]2SC(=O)N(c3ccc(F)cc3)C2=O)cc1. The van der Waals surface area contributed by atoms with E-state index in [1.165, 1.54) is 29.2 Å². The normalized spacial score (nSPS) is 16.8. The van der Waals surface area contributed by atoms with Crippen molar-refractivity contribution in [2.45, 2.75) is 12.3 Å². The lowest BCUT2D eigenvalue weighted by molar-refractivity contribution is -0.117. The summed E-state index contributed by atoms with van der Waals surface area (Å²) in [6.45, 7) is 1.70. The minimum Gasteiger partial charge on any atom is -0.368 e. The molecule has 1 fully saturated rings. The van der Waals surface area contributed by atoms with E-state index in [0.29, 0.717) is 5.69 Å². The van der Waals surface area contributed by atoms with Gasteiger partial charge in [-0.15, -0.1) is 0 Å². The second kappa shape index (κ2) is 7.17. The van der Waals surface area contributed by atoms with Gasteiger partial charge in [-0.1, -0.05) is 17.7 Å². The Kier molecular flexibility index (Phi) is 4.94. The number of carbonyl (C=O) groups is 3. The Balaban J connectivity index is 1.93. The fourth-order valence-electron chi connectivity index (χ4n) is 2.63. The molecule has 0 unspecified atom stereocenters. The zero-order valence-corrected chi connectivity index (χ0v) is 14.7. The number of halogens is 1. The molecule has 0 radical (unpaired) electrons. The molecule has 26 heavy (non-hydrogen) atoms. The second-order valence-electron chi connectivity index (χ2n) is 5.82. The zero-order valence-electron chi connectivity index (χ0n) is 13.9. The second-order valence-corrected chi connectivity index (χ2v) is 6.85. The van der Waals surface area contributed by atoms with Crippen LogP contribution in [0.25, 0.3) is 0 Å². The summed E-state index contributed by atoms with van der Waals surface area (Å²) in [4.78, 5) is 39.2. The number of aryl methyl sites for hydroxylation is 1. The predicted octanol–water partition coefficient (Wildman–Crippen LogP) is 2.65. The smallest absolute Gasteiger partial charge is 0.295 e. The van der Waals surface area contributed by atoms with E-state index >= 15 is 0 Å². The van der Waals surface area contributed by atoms with Crippen molar-refractivity contribution < 1.29 is 18.8 Å². The number of nitrogens with two attached hydrogens (primary N) is 1. The van der Waals surface area contributed by atoms with Crippen LogP contribution < -0.4 is 15.5 Å². The molecule has 0 saturated carbocycles. The summed E-state index contributed by atoms with van der Waals surface area (Å²) in [5, 5.41) is -1.42. The maximum Gasteiger partial charge on any atom is 0.295 e. The number of nitrogens with zero attached hydrogens (tertiary/aromatic N) is 2. The summed E-state index contributed by atoms with van der Waals surface area (Å²) in [5.74, 6) is -1.59. The van der Waals surface area contributed by atoms with Crippen molar-refractivity contribution in [3.05, 3.63) is 59.9 Å². The number of carbonyl (C=O) groups excluding carboxylic acids is 3. The molecule has 3 amide bonds. The summed E-state index contributed by atoms with van der Waals surface area (Å²) in [7, 11) is 0. The molecule has 3 rings (SSSR count). The van der Waals surface area contributed by atoms with Crippen LogP contribution >= 0.6 is 11.8 Å². The summed E-state index contributed by atoms with van der Waals surface area (Å²) < 4.78 is 13.1. The van der Waals surface area contributed by atoms with Crippen LogP contribution in [0.5, 0.6) is 0 Å². The highest BCUT2D eigenvalue weighted by atomic mass is 32.2. The van der Waals surface area contributed by atoms with E-state index in [4.69, 9.17) is 5.73 Å². The highest BCUT2D eigenvalue weighted by molar-refractivity contribution is 8.16. The number of hydrogen-bond acceptors (Lipinski definition) is 5. The van der Waals surface area contributed by atoms with E-state index in [0.717, 1.165) is 22.2 Å². The number of hydrogen-bond donors (Lipinski definition) is 1. The average molecular weight is 373 g/mol. The molecule has 134 valence electrons. The summed E-state index contributed by atoms with van der Waals surface area (Å²) in [6, 6.07) is 12.3. The van der Waals surface area contributed by atoms with Crippen LogP contribution in [0.4, 0.5) is 20.6 Å². The number of primary amides is 1. The van der Waals surface area contributed by atoms with Crippen molar-refractivity contribution in [1.29, 1.82) is 0 Å². The molecule has 1 saturated heterocycles. The van der Waals surface area contributed by atoms with Crippen molar-refractivity contribution >= 4 is 40.2 Å². The summed E-state index contributed by atoms with van der Waals surface area (Å²) in [6.07, 6.45) is 0. The average Bonchev–Trinajstić information content (AvgIpc) is 2.89. The topological polar surface area (TPSA) is 83.7 Å². The van der Waals surface area contributed by atoms with E-state index in [-0.39, 0.29) is 12.2 Å². The van der Waals surface area contributed by atoms with Gasteiger partial charge in [0.2, 0.25) is 5.91 Å². The molecule has 6 nitrogen and oxygen atoms in total. The minimum atomic E-state index is -0.928. The summed E-state index contributed by atoms with van der Waals surface area (Å²) in [5.41, 5.74) is 7.23. The van der Waals surface area contributed by atoms with Gasteiger partial charge in [-0.2, -0.15) is 0 Å². The van der Waals surface area contributed by atoms with Crippen LogP contribution in [-0.2, 0) is 9.59 Å². The largest absolute Gasteiger partial charge is 0.368 e. The van der Waals surface area contributed by atoms with Crippen LogP contribution in [-0.4, -0.2) is 29.0 Å². The van der Waals surface area contributed by atoms with Crippen LogP contribution in [0.2, 0.25) is 0 Å². The first-order chi connectivity index (χ1) is 12.4. The number of rotatable bonds is 5. The quantitative estimate of drug-likeness (QED) is 0.871. The van der Waals surface area contributed by atoms with Gasteiger partial charge in [0.15, 0.2) is 5.37 Å². The van der Waals surface area contributed by atoms with Crippen molar-refractivity contribution in [2.24, 2.45) is 5.73 Å². The molecule has 2 N–H and O–H groups in total. The van der Waals surface area contributed by atoms with Gasteiger partial charge >= 0.3 is 0 Å². The fourth-order valence-corrected chi connectivity index (χ4v) is 3.65. The number of amides is 3. The van der Waals surface area contributed by atoms with E-state index in [2.05, 4.69) is 0 Å². The Morgan fingerprint density at radius 3 is 2.35 bits per heavy atom. The molecule has 0 bridgehead atoms. The third-order valence-corrected chi connectivity index (χ3v) is 4.95. The maximum atomic E-state index is 13.1. The van der Waals surface area contributed by atoms with Gasteiger partial charge in [-0.05, 0) is 55.1 Å². The van der Waals surface area contributed by atoms with Crippen molar-refractivity contribution in [1.82, 2.24) is 0 Å². The predicted molar refractivity (Wildman–Crippen MR) is 98.4 cm³/mol. The first-order valence-corrected chi connectivity index (χ1v) is 8.66. The van der Waals surface area contributed by atoms with Crippen LogP contribution in [0, 0.1) is 12.7 Å². The van der Waals surface area contributed by atoms with E-state index in [9.17, 15) is 18.8 Å². The lowest BCUT2D eigenvalue weighted by atomic mass is 10.2. The minimum absolute atomic E-state index is 0.211. The van der Waals surface area contributed by atoms with E-state index in [1.807, 2.05) is 19.1 Å². The Bertz CT molecular complexity index is 855. The van der Waals surface area contributed by atoms with Gasteiger partial charge in [-0.3, -0.25) is 14.4 Å². The number of thioether (sulfide) groups is 1. The first kappa shape index (κ1) is 17.9. The zero-order chi connectivity index (χ0) is 18.8. The third kappa shape index (κ3) is 3.55. The van der Waals surface area contributed by atoms with Crippen molar-refractivity contribution in [2.75, 3.05) is 16.3 Å². The first-order valence-electron chi connectivity index (χ1n) is 7.78. The molecule has 2 aromatic carbocycles. The van der Waals surface area contributed by atoms with Gasteiger partial charge in [0.1, 0.15) is 5.82 Å².